The minimum atomic E-state index is -0.133. The first-order chi connectivity index (χ1) is 13.0. The quantitative estimate of drug-likeness (QED) is 0.254. The average molecular weight is 499 g/mol. The maximum atomic E-state index is 12.2. The smallest absolute Gasteiger partial charge is 0.251 e. The number of benzene rings is 1. The van der Waals surface area contributed by atoms with Gasteiger partial charge in [-0.1, -0.05) is 6.07 Å². The van der Waals surface area contributed by atoms with Crippen LogP contribution in [0.3, 0.4) is 0 Å². The van der Waals surface area contributed by atoms with E-state index >= 15 is 0 Å². The molecule has 0 saturated carbocycles. The predicted octanol–water partition coefficient (Wildman–Crippen LogP) is 2.48. The summed E-state index contributed by atoms with van der Waals surface area (Å²) >= 11 is 0. The first-order valence-corrected chi connectivity index (χ1v) is 9.07. The Kier molecular flexibility index (Phi) is 10.4. The molecule has 0 aliphatic carbocycles. The van der Waals surface area contributed by atoms with Crippen molar-refractivity contribution in [2.75, 3.05) is 33.8 Å². The molecule has 0 radical (unpaired) electrons. The van der Waals surface area contributed by atoms with Crippen LogP contribution >= 0.6 is 24.0 Å². The fourth-order valence-electron chi connectivity index (χ4n) is 2.65. The summed E-state index contributed by atoms with van der Waals surface area (Å²) in [6, 6.07) is 11.2. The zero-order valence-electron chi connectivity index (χ0n) is 16.9. The number of carbonyl (C=O) groups excluding carboxylic acids is 1. The lowest BCUT2D eigenvalue weighted by molar-refractivity contribution is 0.0954. The first kappa shape index (κ1) is 23.8. The summed E-state index contributed by atoms with van der Waals surface area (Å²) < 4.78 is 7.24. The van der Waals surface area contributed by atoms with Gasteiger partial charge in [0, 0.05) is 44.6 Å². The number of ether oxygens (including phenoxy) is 1. The van der Waals surface area contributed by atoms with E-state index in [9.17, 15) is 4.79 Å². The summed E-state index contributed by atoms with van der Waals surface area (Å²) in [5, 5.41) is 6.18. The van der Waals surface area contributed by atoms with Crippen molar-refractivity contribution in [2.45, 2.75) is 13.5 Å². The van der Waals surface area contributed by atoms with Crippen LogP contribution in [0, 0.1) is 0 Å². The molecule has 0 fully saturated rings. The molecule has 1 aromatic heterocycles. The topological polar surface area (TPSA) is 70.9 Å². The molecule has 28 heavy (non-hydrogen) atoms. The molecular weight excluding hydrogens is 469 g/mol. The molecule has 1 amide bonds. The molecule has 1 aromatic carbocycles. The normalized spacial score (nSPS) is 10.8. The molecule has 2 N–H and O–H groups in total. The van der Waals surface area contributed by atoms with E-state index in [1.807, 2.05) is 39.3 Å². The Hall–Kier alpha value is -2.23. The minimum Gasteiger partial charge on any atom is -0.497 e. The van der Waals surface area contributed by atoms with Crippen molar-refractivity contribution in [3.63, 3.8) is 0 Å². The predicted molar refractivity (Wildman–Crippen MR) is 124 cm³/mol. The van der Waals surface area contributed by atoms with Gasteiger partial charge in [-0.15, -0.1) is 24.0 Å². The number of amides is 1. The summed E-state index contributed by atoms with van der Waals surface area (Å²) in [6.07, 6.45) is 2.03. The number of guanidine groups is 1. The fraction of sp³-hybridized carbons (Fsp3) is 0.400. The Morgan fingerprint density at radius 1 is 1.25 bits per heavy atom. The second-order valence-corrected chi connectivity index (χ2v) is 6.19. The number of carbonyl (C=O) groups is 1. The number of aromatic nitrogens is 1. The molecule has 0 aliphatic rings. The van der Waals surface area contributed by atoms with Crippen molar-refractivity contribution < 1.29 is 9.53 Å². The second kappa shape index (κ2) is 12.3. The first-order valence-electron chi connectivity index (χ1n) is 9.07. The number of nitrogens with one attached hydrogen (secondary N) is 2. The minimum absolute atomic E-state index is 0. The highest BCUT2D eigenvalue weighted by Gasteiger charge is 2.09. The molecule has 2 aromatic rings. The summed E-state index contributed by atoms with van der Waals surface area (Å²) in [5.74, 6) is 1.35. The van der Waals surface area contributed by atoms with Crippen molar-refractivity contribution in [2.24, 2.45) is 12.0 Å². The van der Waals surface area contributed by atoms with Gasteiger partial charge in [-0.05, 0) is 37.3 Å². The van der Waals surface area contributed by atoms with E-state index in [4.69, 9.17) is 4.74 Å². The average Bonchev–Trinajstić information content (AvgIpc) is 3.08. The van der Waals surface area contributed by atoms with Gasteiger partial charge >= 0.3 is 0 Å². The van der Waals surface area contributed by atoms with Crippen LogP contribution in [0.5, 0.6) is 5.75 Å². The van der Waals surface area contributed by atoms with Gasteiger partial charge in [0.1, 0.15) is 5.75 Å². The highest BCUT2D eigenvalue weighted by molar-refractivity contribution is 14.0. The Bertz CT molecular complexity index is 775. The van der Waals surface area contributed by atoms with Crippen molar-refractivity contribution in [3.05, 3.63) is 53.9 Å². The van der Waals surface area contributed by atoms with Gasteiger partial charge in [-0.25, -0.2) is 0 Å². The van der Waals surface area contributed by atoms with Gasteiger partial charge < -0.3 is 24.8 Å². The van der Waals surface area contributed by atoms with Crippen molar-refractivity contribution >= 4 is 35.8 Å². The number of aryl methyl sites for hydroxylation is 1. The van der Waals surface area contributed by atoms with Crippen LogP contribution in [0.25, 0.3) is 0 Å². The molecule has 0 bridgehead atoms. The van der Waals surface area contributed by atoms with Crippen molar-refractivity contribution in [1.82, 2.24) is 20.1 Å². The van der Waals surface area contributed by atoms with Gasteiger partial charge in [0.15, 0.2) is 5.96 Å². The lowest BCUT2D eigenvalue weighted by Crippen LogP contribution is -2.39. The number of methoxy groups -OCH3 is 1. The molecular formula is C20H30IN5O2. The molecule has 154 valence electrons. The second-order valence-electron chi connectivity index (χ2n) is 6.19. The van der Waals surface area contributed by atoms with Crippen molar-refractivity contribution in [1.29, 1.82) is 0 Å². The molecule has 0 unspecified atom stereocenters. The Labute approximate surface area is 184 Å². The van der Waals surface area contributed by atoms with Crippen LogP contribution in [0.15, 0.2) is 47.6 Å². The van der Waals surface area contributed by atoms with Crippen LogP contribution in [-0.2, 0) is 13.6 Å². The highest BCUT2D eigenvalue weighted by Crippen LogP contribution is 2.12. The van der Waals surface area contributed by atoms with Crippen LogP contribution in [0.1, 0.15) is 23.0 Å². The fourth-order valence-corrected chi connectivity index (χ4v) is 2.65. The van der Waals surface area contributed by atoms with Crippen molar-refractivity contribution in [3.8, 4) is 5.75 Å². The molecule has 0 saturated heterocycles. The van der Waals surface area contributed by atoms with E-state index < -0.39 is 0 Å². The van der Waals surface area contributed by atoms with Gasteiger partial charge in [0.25, 0.3) is 5.91 Å². The maximum Gasteiger partial charge on any atom is 0.251 e. The Morgan fingerprint density at radius 2 is 2.04 bits per heavy atom. The zero-order chi connectivity index (χ0) is 19.6. The number of nitrogens with zero attached hydrogens (tertiary/aromatic N) is 3. The highest BCUT2D eigenvalue weighted by atomic mass is 127. The lowest BCUT2D eigenvalue weighted by atomic mass is 10.2. The third-order valence-electron chi connectivity index (χ3n) is 4.14. The lowest BCUT2D eigenvalue weighted by Gasteiger charge is -2.22. The SMILES string of the molecule is CCNC(=NCCNC(=O)c1cccc(OC)c1)N(C)Cc1cccn1C.I. The van der Waals surface area contributed by atoms with Crippen LogP contribution in [0.4, 0.5) is 0 Å². The monoisotopic (exact) mass is 499 g/mol. The summed E-state index contributed by atoms with van der Waals surface area (Å²) in [4.78, 5) is 18.9. The van der Waals surface area contributed by atoms with Gasteiger partial charge in [-0.3, -0.25) is 9.79 Å². The third-order valence-corrected chi connectivity index (χ3v) is 4.14. The molecule has 8 heteroatoms. The standard InChI is InChI=1S/C20H29N5O2.HI/c1-5-21-20(25(3)15-17-9-7-13-24(17)2)23-12-11-22-19(26)16-8-6-10-18(14-16)27-4;/h6-10,13-14H,5,11-12,15H2,1-4H3,(H,21,23)(H,22,26);1H. The van der Waals surface area contributed by atoms with E-state index in [0.717, 1.165) is 19.0 Å². The number of hydrogen-bond donors (Lipinski definition) is 2. The summed E-state index contributed by atoms with van der Waals surface area (Å²) in [7, 11) is 5.62. The van der Waals surface area contributed by atoms with Crippen LogP contribution in [0.2, 0.25) is 0 Å². The Morgan fingerprint density at radius 3 is 2.68 bits per heavy atom. The van der Waals surface area contributed by atoms with Gasteiger partial charge in [-0.2, -0.15) is 0 Å². The van der Waals surface area contributed by atoms with E-state index in [-0.39, 0.29) is 29.9 Å². The van der Waals surface area contributed by atoms with E-state index in [1.165, 1.54) is 5.69 Å². The molecule has 7 nitrogen and oxygen atoms in total. The third kappa shape index (κ3) is 7.06. The van der Waals surface area contributed by atoms with Crippen LogP contribution < -0.4 is 15.4 Å². The molecule has 0 atom stereocenters. The molecule has 0 spiro atoms. The number of aliphatic imine (C=N–C) groups is 1. The number of rotatable bonds is 8. The largest absolute Gasteiger partial charge is 0.497 e. The maximum absolute atomic E-state index is 12.2. The van der Waals surface area contributed by atoms with E-state index in [2.05, 4.69) is 31.2 Å². The zero-order valence-corrected chi connectivity index (χ0v) is 19.3. The molecule has 2 rings (SSSR count). The summed E-state index contributed by atoms with van der Waals surface area (Å²) in [6.45, 7) is 4.53. The number of hydrogen-bond acceptors (Lipinski definition) is 3. The number of halogens is 1. The van der Waals surface area contributed by atoms with E-state index in [1.54, 1.807) is 25.3 Å². The Balaban J connectivity index is 0.00000392. The van der Waals surface area contributed by atoms with E-state index in [0.29, 0.717) is 24.4 Å². The van der Waals surface area contributed by atoms with Gasteiger partial charge in [0.05, 0.1) is 20.2 Å². The summed E-state index contributed by atoms with van der Waals surface area (Å²) in [5.41, 5.74) is 1.78. The molecule has 0 aliphatic heterocycles. The van der Waals surface area contributed by atoms with Gasteiger partial charge in [0.2, 0.25) is 0 Å². The molecule has 1 heterocycles. The van der Waals surface area contributed by atoms with Crippen LogP contribution in [-0.4, -0.2) is 55.1 Å².